The lowest BCUT2D eigenvalue weighted by Gasteiger charge is -2.10. The fourth-order valence-electron chi connectivity index (χ4n) is 1.37. The number of hydrogen-bond donors (Lipinski definition) is 0. The first-order valence-corrected chi connectivity index (χ1v) is 6.39. The van der Waals surface area contributed by atoms with Gasteiger partial charge in [-0.15, -0.1) is 0 Å². The lowest BCUT2D eigenvalue weighted by molar-refractivity contribution is -0.142. The van der Waals surface area contributed by atoms with E-state index in [0.717, 1.165) is 11.1 Å². The maximum Gasteiger partial charge on any atom is 0.320 e. The van der Waals surface area contributed by atoms with Crippen LogP contribution in [0.4, 0.5) is 0 Å². The number of alkyl halides is 1. The second-order valence-corrected chi connectivity index (χ2v) is 5.03. The summed E-state index contributed by atoms with van der Waals surface area (Å²) in [5, 5.41) is 0.680. The molecule has 0 saturated heterocycles. The van der Waals surface area contributed by atoms with Crippen LogP contribution in [0.25, 0.3) is 0 Å². The molecule has 0 fully saturated rings. The van der Waals surface area contributed by atoms with Crippen LogP contribution in [0, 0.1) is 6.92 Å². The summed E-state index contributed by atoms with van der Waals surface area (Å²) in [6.07, 6.45) is 0.541. The van der Waals surface area contributed by atoms with Gasteiger partial charge < -0.3 is 4.74 Å². The van der Waals surface area contributed by atoms with E-state index >= 15 is 0 Å². The van der Waals surface area contributed by atoms with Crippen molar-refractivity contribution in [2.45, 2.75) is 25.1 Å². The molecule has 88 valence electrons. The number of halogens is 2. The molecule has 0 aromatic heterocycles. The van der Waals surface area contributed by atoms with Crippen molar-refractivity contribution in [3.8, 4) is 0 Å². The number of hydrogen-bond acceptors (Lipinski definition) is 2. The van der Waals surface area contributed by atoms with Crippen molar-refractivity contribution in [3.05, 3.63) is 34.3 Å². The Kier molecular flexibility index (Phi) is 5.29. The summed E-state index contributed by atoms with van der Waals surface area (Å²) in [6.45, 7) is 4.17. The van der Waals surface area contributed by atoms with E-state index in [9.17, 15) is 4.79 Å². The molecule has 0 saturated carbocycles. The molecule has 0 spiro atoms. The third-order valence-electron chi connectivity index (χ3n) is 2.14. The summed E-state index contributed by atoms with van der Waals surface area (Å²) in [7, 11) is 0. The van der Waals surface area contributed by atoms with Crippen molar-refractivity contribution in [3.63, 3.8) is 0 Å². The van der Waals surface area contributed by atoms with Gasteiger partial charge in [0.05, 0.1) is 6.61 Å². The number of rotatable bonds is 4. The zero-order valence-electron chi connectivity index (χ0n) is 9.30. The van der Waals surface area contributed by atoms with Gasteiger partial charge in [-0.3, -0.25) is 4.79 Å². The number of carbonyl (C=O) groups is 1. The average molecular weight is 306 g/mol. The molecule has 0 aliphatic carbocycles. The topological polar surface area (TPSA) is 26.3 Å². The number of esters is 1. The predicted octanol–water partition coefficient (Wildman–Crippen LogP) is 3.52. The highest BCUT2D eigenvalue weighted by atomic mass is 79.9. The monoisotopic (exact) mass is 304 g/mol. The summed E-state index contributed by atoms with van der Waals surface area (Å²) in [6, 6.07) is 5.77. The molecule has 4 heteroatoms. The van der Waals surface area contributed by atoms with E-state index in [4.69, 9.17) is 16.3 Å². The molecule has 16 heavy (non-hydrogen) atoms. The molecule has 0 bridgehead atoms. The Hall–Kier alpha value is -0.540. The molecular weight excluding hydrogens is 291 g/mol. The number of ether oxygens (including phenoxy) is 1. The summed E-state index contributed by atoms with van der Waals surface area (Å²) in [4.78, 5) is 11.1. The molecular formula is C12H14BrClO2. The largest absolute Gasteiger partial charge is 0.465 e. The third kappa shape index (κ3) is 3.80. The molecule has 0 N–H and O–H groups in total. The first-order valence-electron chi connectivity index (χ1n) is 5.10. The minimum absolute atomic E-state index is 0.250. The third-order valence-corrected chi connectivity index (χ3v) is 3.21. The molecule has 1 rings (SSSR count). The van der Waals surface area contributed by atoms with Gasteiger partial charge in [0.1, 0.15) is 4.83 Å². The summed E-state index contributed by atoms with van der Waals surface area (Å²) >= 11 is 9.36. The molecule has 1 unspecified atom stereocenters. The Morgan fingerprint density at radius 3 is 2.88 bits per heavy atom. The molecule has 1 atom stereocenters. The van der Waals surface area contributed by atoms with Gasteiger partial charge in [-0.05, 0) is 31.9 Å². The van der Waals surface area contributed by atoms with E-state index in [-0.39, 0.29) is 10.8 Å². The molecule has 0 aliphatic rings. The fourth-order valence-corrected chi connectivity index (χ4v) is 2.04. The molecule has 0 radical (unpaired) electrons. The van der Waals surface area contributed by atoms with Crippen LogP contribution in [0.3, 0.4) is 0 Å². The van der Waals surface area contributed by atoms with E-state index in [1.807, 2.05) is 25.1 Å². The zero-order valence-corrected chi connectivity index (χ0v) is 11.6. The standard InChI is InChI=1S/C12H14BrClO2/c1-3-16-12(15)10(13)7-9-6-8(2)4-5-11(9)14/h4-6,10H,3,7H2,1-2H3. The van der Waals surface area contributed by atoms with Crippen molar-refractivity contribution in [2.24, 2.45) is 0 Å². The van der Waals surface area contributed by atoms with Gasteiger partial charge in [-0.2, -0.15) is 0 Å². The Balaban J connectivity index is 2.72. The Morgan fingerprint density at radius 1 is 1.56 bits per heavy atom. The van der Waals surface area contributed by atoms with Crippen LogP contribution in [0.1, 0.15) is 18.1 Å². The highest BCUT2D eigenvalue weighted by molar-refractivity contribution is 9.10. The van der Waals surface area contributed by atoms with Crippen LogP contribution in [-0.2, 0) is 16.0 Å². The van der Waals surface area contributed by atoms with E-state index in [0.29, 0.717) is 18.1 Å². The van der Waals surface area contributed by atoms with Gasteiger partial charge >= 0.3 is 5.97 Å². The van der Waals surface area contributed by atoms with Crippen molar-refractivity contribution >= 4 is 33.5 Å². The summed E-state index contributed by atoms with van der Waals surface area (Å²) in [5.41, 5.74) is 2.08. The summed E-state index contributed by atoms with van der Waals surface area (Å²) < 4.78 is 4.92. The van der Waals surface area contributed by atoms with Gasteiger partial charge in [0, 0.05) is 5.02 Å². The van der Waals surface area contributed by atoms with Crippen LogP contribution in [0.5, 0.6) is 0 Å². The first kappa shape index (κ1) is 13.5. The van der Waals surface area contributed by atoms with Gasteiger partial charge in [-0.1, -0.05) is 45.2 Å². The molecule has 0 heterocycles. The lowest BCUT2D eigenvalue weighted by atomic mass is 10.1. The predicted molar refractivity (Wildman–Crippen MR) is 69.2 cm³/mol. The van der Waals surface area contributed by atoms with Crippen molar-refractivity contribution in [1.82, 2.24) is 0 Å². The van der Waals surface area contributed by atoms with E-state index in [1.165, 1.54) is 0 Å². The minimum Gasteiger partial charge on any atom is -0.465 e. The van der Waals surface area contributed by atoms with E-state index in [2.05, 4.69) is 15.9 Å². The molecule has 1 aromatic carbocycles. The Bertz CT molecular complexity index is 379. The zero-order chi connectivity index (χ0) is 12.1. The van der Waals surface area contributed by atoms with Gasteiger partial charge in [0.2, 0.25) is 0 Å². The smallest absolute Gasteiger partial charge is 0.320 e. The number of benzene rings is 1. The first-order chi connectivity index (χ1) is 7.54. The summed E-state index contributed by atoms with van der Waals surface area (Å²) in [5.74, 6) is -0.250. The maximum atomic E-state index is 11.4. The van der Waals surface area contributed by atoms with Crippen LogP contribution in [0.2, 0.25) is 5.02 Å². The van der Waals surface area contributed by atoms with Crippen LogP contribution >= 0.6 is 27.5 Å². The van der Waals surface area contributed by atoms with Crippen LogP contribution in [-0.4, -0.2) is 17.4 Å². The van der Waals surface area contributed by atoms with Gasteiger partial charge in [-0.25, -0.2) is 0 Å². The second-order valence-electron chi connectivity index (χ2n) is 3.52. The Morgan fingerprint density at radius 2 is 2.25 bits per heavy atom. The van der Waals surface area contributed by atoms with Crippen LogP contribution in [0.15, 0.2) is 18.2 Å². The fraction of sp³-hybridized carbons (Fsp3) is 0.417. The van der Waals surface area contributed by atoms with Crippen LogP contribution < -0.4 is 0 Å². The van der Waals surface area contributed by atoms with E-state index in [1.54, 1.807) is 6.92 Å². The minimum atomic E-state index is -0.341. The quantitative estimate of drug-likeness (QED) is 0.628. The van der Waals surface area contributed by atoms with E-state index < -0.39 is 0 Å². The number of carbonyl (C=O) groups excluding carboxylic acids is 1. The van der Waals surface area contributed by atoms with Crippen molar-refractivity contribution < 1.29 is 9.53 Å². The molecule has 1 aromatic rings. The highest BCUT2D eigenvalue weighted by Gasteiger charge is 2.17. The van der Waals surface area contributed by atoms with Crippen molar-refractivity contribution in [1.29, 1.82) is 0 Å². The maximum absolute atomic E-state index is 11.4. The van der Waals surface area contributed by atoms with Gasteiger partial charge in [0.15, 0.2) is 0 Å². The molecule has 2 nitrogen and oxygen atoms in total. The normalized spacial score (nSPS) is 12.2. The number of aryl methyl sites for hydroxylation is 1. The average Bonchev–Trinajstić information content (AvgIpc) is 2.23. The Labute approximate surface area is 109 Å². The molecule has 0 amide bonds. The second kappa shape index (κ2) is 6.26. The van der Waals surface area contributed by atoms with Crippen molar-refractivity contribution in [2.75, 3.05) is 6.61 Å². The lowest BCUT2D eigenvalue weighted by Crippen LogP contribution is -2.19. The molecule has 0 aliphatic heterocycles. The SMILES string of the molecule is CCOC(=O)C(Br)Cc1cc(C)ccc1Cl. The van der Waals surface area contributed by atoms with Gasteiger partial charge in [0.25, 0.3) is 0 Å². The highest BCUT2D eigenvalue weighted by Crippen LogP contribution is 2.21.